The summed E-state index contributed by atoms with van der Waals surface area (Å²) in [4.78, 5) is 25.9. The Bertz CT molecular complexity index is 808. The quantitative estimate of drug-likeness (QED) is 0.360. The van der Waals surface area contributed by atoms with Crippen molar-refractivity contribution in [3.63, 3.8) is 0 Å². The molecule has 2 amide bonds. The van der Waals surface area contributed by atoms with Gasteiger partial charge in [-0.05, 0) is 28.6 Å². The predicted octanol–water partition coefficient (Wildman–Crippen LogP) is 5.68. The number of cyclic esters (lactones) is 1. The number of ether oxygens (including phenoxy) is 3. The lowest BCUT2D eigenvalue weighted by Crippen LogP contribution is -2.53. The van der Waals surface area contributed by atoms with Gasteiger partial charge < -0.3 is 18.6 Å². The molecule has 8 heteroatoms. The molecule has 2 fully saturated rings. The van der Waals surface area contributed by atoms with E-state index in [-0.39, 0.29) is 37.2 Å². The first-order chi connectivity index (χ1) is 16.6. The normalized spacial score (nSPS) is 23.4. The molecule has 2 heterocycles. The molecule has 2 saturated heterocycles. The Morgan fingerprint density at radius 1 is 1.03 bits per heavy atom. The number of hydrogen-bond donors (Lipinski definition) is 0. The van der Waals surface area contributed by atoms with E-state index in [2.05, 4.69) is 41.5 Å². The Morgan fingerprint density at radius 2 is 1.66 bits per heavy atom. The van der Waals surface area contributed by atoms with Crippen LogP contribution in [0.5, 0.6) is 0 Å². The van der Waals surface area contributed by atoms with Crippen LogP contribution in [-0.2, 0) is 30.0 Å². The van der Waals surface area contributed by atoms with Crippen LogP contribution in [0, 0.1) is 0 Å². The van der Waals surface area contributed by atoms with Crippen LogP contribution in [0.15, 0.2) is 30.3 Å². The van der Waals surface area contributed by atoms with Gasteiger partial charge in [0.05, 0.1) is 44.5 Å². The zero-order valence-electron chi connectivity index (χ0n) is 22.2. The molecule has 2 aliphatic rings. The van der Waals surface area contributed by atoms with Gasteiger partial charge in [-0.15, -0.1) is 0 Å². The van der Waals surface area contributed by atoms with Crippen molar-refractivity contribution in [3.05, 3.63) is 35.9 Å². The average Bonchev–Trinajstić information content (AvgIpc) is 3.23. The molecule has 0 aromatic heterocycles. The molecule has 0 saturated carbocycles. The molecule has 0 spiro atoms. The Hall–Kier alpha value is -1.74. The van der Waals surface area contributed by atoms with Crippen LogP contribution in [0.3, 0.4) is 0 Å². The molecule has 2 aliphatic heterocycles. The van der Waals surface area contributed by atoms with Gasteiger partial charge in [-0.25, -0.2) is 9.69 Å². The standard InChI is InChI=1S/C27H43NO6Si/c1-19(2)35(20(3)4,21(5)6)34-24-14-23(16-26(29)28-12-13-32-27(28)30)33-25(15-24)18-31-17-22-10-8-7-9-11-22/h7-11,19-21,23-25H,12-18H2,1-6H3/t23-,24+,25+/m0/s1. The Labute approximate surface area is 211 Å². The third-order valence-electron chi connectivity index (χ3n) is 7.39. The van der Waals surface area contributed by atoms with Gasteiger partial charge in [0.15, 0.2) is 0 Å². The number of carbonyl (C=O) groups excluding carboxylic acids is 2. The fourth-order valence-corrected chi connectivity index (χ4v) is 11.5. The summed E-state index contributed by atoms with van der Waals surface area (Å²) in [6.07, 6.45) is 0.473. The Kier molecular flexibility index (Phi) is 9.92. The fraction of sp³-hybridized carbons (Fsp3) is 0.704. The number of benzene rings is 1. The first-order valence-electron chi connectivity index (χ1n) is 13.1. The molecule has 35 heavy (non-hydrogen) atoms. The molecule has 1 aromatic rings. The van der Waals surface area contributed by atoms with Crippen LogP contribution in [0.4, 0.5) is 4.79 Å². The van der Waals surface area contributed by atoms with Crippen LogP contribution in [0.1, 0.15) is 66.4 Å². The summed E-state index contributed by atoms with van der Waals surface area (Å²) in [5, 5.41) is 0. The number of hydrogen-bond acceptors (Lipinski definition) is 6. The zero-order chi connectivity index (χ0) is 25.6. The summed E-state index contributed by atoms with van der Waals surface area (Å²) in [5.74, 6) is -0.248. The van der Waals surface area contributed by atoms with E-state index in [4.69, 9.17) is 18.6 Å². The van der Waals surface area contributed by atoms with Gasteiger partial charge in [0.25, 0.3) is 0 Å². The molecule has 0 aliphatic carbocycles. The lowest BCUT2D eigenvalue weighted by molar-refractivity contribution is -0.143. The molecule has 0 N–H and O–H groups in total. The molecule has 3 rings (SSSR count). The van der Waals surface area contributed by atoms with Gasteiger partial charge in [0, 0.05) is 6.42 Å². The third kappa shape index (κ3) is 6.93. The lowest BCUT2D eigenvalue weighted by atomic mass is 9.99. The van der Waals surface area contributed by atoms with Crippen LogP contribution in [0.25, 0.3) is 0 Å². The summed E-state index contributed by atoms with van der Waals surface area (Å²) in [5.41, 5.74) is 2.52. The van der Waals surface area contributed by atoms with Gasteiger partial charge in [0.1, 0.15) is 6.61 Å². The molecule has 7 nitrogen and oxygen atoms in total. The van der Waals surface area contributed by atoms with Gasteiger partial charge in [0.2, 0.25) is 14.2 Å². The summed E-state index contributed by atoms with van der Waals surface area (Å²) in [6.45, 7) is 15.2. The van der Waals surface area contributed by atoms with Gasteiger partial charge in [-0.2, -0.15) is 0 Å². The predicted molar refractivity (Wildman–Crippen MR) is 138 cm³/mol. The maximum Gasteiger partial charge on any atom is 0.416 e. The zero-order valence-corrected chi connectivity index (χ0v) is 23.2. The van der Waals surface area contributed by atoms with E-state index in [0.717, 1.165) is 12.0 Å². The average molecular weight is 506 g/mol. The fourth-order valence-electron chi connectivity index (χ4n) is 5.91. The highest BCUT2D eigenvalue weighted by Crippen LogP contribution is 2.44. The van der Waals surface area contributed by atoms with Gasteiger partial charge in [-0.1, -0.05) is 71.9 Å². The van der Waals surface area contributed by atoms with Crippen LogP contribution in [0.2, 0.25) is 16.6 Å². The minimum atomic E-state index is -2.10. The molecule has 1 aromatic carbocycles. The minimum Gasteiger partial charge on any atom is -0.447 e. The first-order valence-corrected chi connectivity index (χ1v) is 15.2. The number of nitrogens with zero attached hydrogens (tertiary/aromatic N) is 1. The number of rotatable bonds is 11. The summed E-state index contributed by atoms with van der Waals surface area (Å²) in [6, 6.07) is 10.1. The Morgan fingerprint density at radius 3 is 2.23 bits per heavy atom. The number of amides is 2. The van der Waals surface area contributed by atoms with Gasteiger partial charge in [-0.3, -0.25) is 4.79 Å². The molecule has 196 valence electrons. The molecule has 3 atom stereocenters. The third-order valence-corrected chi connectivity index (χ3v) is 13.5. The molecular formula is C27H43NO6Si. The van der Waals surface area contributed by atoms with Crippen molar-refractivity contribution in [1.29, 1.82) is 0 Å². The van der Waals surface area contributed by atoms with Gasteiger partial charge >= 0.3 is 6.09 Å². The van der Waals surface area contributed by atoms with E-state index in [1.54, 1.807) is 0 Å². The van der Waals surface area contributed by atoms with Crippen molar-refractivity contribution >= 4 is 20.3 Å². The minimum absolute atomic E-state index is 0.00345. The smallest absolute Gasteiger partial charge is 0.416 e. The summed E-state index contributed by atoms with van der Waals surface area (Å²) in [7, 11) is -2.10. The van der Waals surface area contributed by atoms with Crippen LogP contribution < -0.4 is 0 Å². The van der Waals surface area contributed by atoms with E-state index in [1.807, 2.05) is 30.3 Å². The molecule has 0 unspecified atom stereocenters. The largest absolute Gasteiger partial charge is 0.447 e. The molecule has 0 radical (unpaired) electrons. The van der Waals surface area contributed by atoms with E-state index in [1.165, 1.54) is 4.90 Å². The second kappa shape index (κ2) is 12.5. The maximum absolute atomic E-state index is 12.8. The monoisotopic (exact) mass is 505 g/mol. The number of imide groups is 1. The van der Waals surface area contributed by atoms with E-state index in [0.29, 0.717) is 42.8 Å². The highest BCUT2D eigenvalue weighted by Gasteiger charge is 2.48. The van der Waals surface area contributed by atoms with Crippen molar-refractivity contribution < 1.29 is 28.2 Å². The van der Waals surface area contributed by atoms with Crippen molar-refractivity contribution in [3.8, 4) is 0 Å². The second-order valence-electron chi connectivity index (χ2n) is 10.8. The molecule has 0 bridgehead atoms. The first kappa shape index (κ1) is 27.8. The Balaban J connectivity index is 1.71. The summed E-state index contributed by atoms with van der Waals surface area (Å²) >= 11 is 0. The van der Waals surface area contributed by atoms with Crippen molar-refractivity contribution in [1.82, 2.24) is 4.90 Å². The van der Waals surface area contributed by atoms with E-state index >= 15 is 0 Å². The highest BCUT2D eigenvalue weighted by molar-refractivity contribution is 6.77. The SMILES string of the molecule is CC(C)[Si](O[C@@H]1C[C@@H](CC(=O)N2CCOC2=O)O[C@@H](COCc2ccccc2)C1)(C(C)C)C(C)C. The summed E-state index contributed by atoms with van der Waals surface area (Å²) < 4.78 is 24.4. The van der Waals surface area contributed by atoms with Crippen molar-refractivity contribution in [2.45, 2.75) is 102 Å². The maximum atomic E-state index is 12.8. The van der Waals surface area contributed by atoms with E-state index in [9.17, 15) is 9.59 Å². The van der Waals surface area contributed by atoms with Crippen molar-refractivity contribution in [2.24, 2.45) is 0 Å². The highest BCUT2D eigenvalue weighted by atomic mass is 28.4. The molecular weight excluding hydrogens is 462 g/mol. The van der Waals surface area contributed by atoms with Crippen molar-refractivity contribution in [2.75, 3.05) is 19.8 Å². The van der Waals surface area contributed by atoms with Crippen LogP contribution >= 0.6 is 0 Å². The number of carbonyl (C=O) groups is 2. The lowest BCUT2D eigenvalue weighted by Gasteiger charge is -2.47. The van der Waals surface area contributed by atoms with Crippen LogP contribution in [-0.4, -0.2) is 63.3 Å². The second-order valence-corrected chi connectivity index (χ2v) is 16.2. The van der Waals surface area contributed by atoms with E-state index < -0.39 is 14.4 Å². The topological polar surface area (TPSA) is 74.3 Å².